The van der Waals surface area contributed by atoms with Crippen molar-refractivity contribution in [2.75, 3.05) is 0 Å². The van der Waals surface area contributed by atoms with E-state index in [1.807, 2.05) is 36.4 Å². The molecule has 1 heterocycles. The number of benzene rings is 2. The molecular weight excluding hydrogens is 248 g/mol. The Morgan fingerprint density at radius 1 is 1.05 bits per heavy atom. The Bertz CT molecular complexity index is 775. The quantitative estimate of drug-likeness (QED) is 0.679. The second-order valence-corrected chi connectivity index (χ2v) is 4.61. The topological polar surface area (TPSA) is 42.9 Å². The molecule has 0 saturated heterocycles. The van der Waals surface area contributed by atoms with E-state index in [0.717, 1.165) is 17.5 Å². The van der Waals surface area contributed by atoms with Gasteiger partial charge in [0.25, 0.3) is 0 Å². The number of ketones is 1. The van der Waals surface area contributed by atoms with E-state index >= 15 is 0 Å². The number of carbonyl (C=O) groups excluding carboxylic acids is 1. The van der Waals surface area contributed by atoms with Gasteiger partial charge in [0.1, 0.15) is 0 Å². The molecule has 0 unspecified atom stereocenters. The summed E-state index contributed by atoms with van der Waals surface area (Å²) in [5.74, 6) is -0.00796. The van der Waals surface area contributed by atoms with Crippen molar-refractivity contribution >= 4 is 16.8 Å². The number of hydrogen-bond donors (Lipinski definition) is 0. The molecule has 0 atom stereocenters. The number of fused-ring (bicyclic) bond motifs is 1. The van der Waals surface area contributed by atoms with E-state index in [4.69, 9.17) is 0 Å². The van der Waals surface area contributed by atoms with Crippen LogP contribution in [0.25, 0.3) is 11.0 Å². The van der Waals surface area contributed by atoms with Crippen LogP contribution in [0.1, 0.15) is 28.4 Å². The minimum Gasteiger partial charge on any atom is -0.289 e. The fourth-order valence-electron chi connectivity index (χ4n) is 2.26. The maximum atomic E-state index is 12.7. The predicted octanol–water partition coefficient (Wildman–Crippen LogP) is 3.42. The van der Waals surface area contributed by atoms with Gasteiger partial charge in [-0.2, -0.15) is 0 Å². The standard InChI is InChI=1S/C17H14N2O/c1-2-12-5-3-6-13(11-12)17(20)14-7-4-8-15-16(14)19-10-9-18-15/h3-11H,2H2,1H3. The van der Waals surface area contributed by atoms with Crippen LogP contribution in [0, 0.1) is 0 Å². The van der Waals surface area contributed by atoms with Gasteiger partial charge in [0.05, 0.1) is 16.6 Å². The average molecular weight is 262 g/mol. The highest BCUT2D eigenvalue weighted by Crippen LogP contribution is 2.18. The summed E-state index contributed by atoms with van der Waals surface area (Å²) in [4.78, 5) is 21.2. The zero-order valence-electron chi connectivity index (χ0n) is 11.2. The molecule has 0 aliphatic carbocycles. The Kier molecular flexibility index (Phi) is 3.25. The molecular formula is C17H14N2O. The normalized spacial score (nSPS) is 10.7. The molecule has 0 radical (unpaired) electrons. The number of aryl methyl sites for hydroxylation is 1. The predicted molar refractivity (Wildman–Crippen MR) is 78.8 cm³/mol. The largest absolute Gasteiger partial charge is 0.289 e. The van der Waals surface area contributed by atoms with Crippen molar-refractivity contribution in [1.29, 1.82) is 0 Å². The lowest BCUT2D eigenvalue weighted by atomic mass is 9.99. The second-order valence-electron chi connectivity index (χ2n) is 4.61. The lowest BCUT2D eigenvalue weighted by Crippen LogP contribution is -2.04. The van der Waals surface area contributed by atoms with Crippen LogP contribution in [0.15, 0.2) is 54.9 Å². The van der Waals surface area contributed by atoms with E-state index < -0.39 is 0 Å². The number of nitrogens with zero attached hydrogens (tertiary/aromatic N) is 2. The maximum Gasteiger partial charge on any atom is 0.195 e. The Balaban J connectivity index is 2.12. The van der Waals surface area contributed by atoms with E-state index in [0.29, 0.717) is 16.6 Å². The van der Waals surface area contributed by atoms with Crippen LogP contribution in [-0.2, 0) is 6.42 Å². The zero-order valence-corrected chi connectivity index (χ0v) is 11.2. The van der Waals surface area contributed by atoms with Crippen molar-refractivity contribution in [3.63, 3.8) is 0 Å². The molecule has 0 bridgehead atoms. The van der Waals surface area contributed by atoms with Gasteiger partial charge in [-0.05, 0) is 30.2 Å². The summed E-state index contributed by atoms with van der Waals surface area (Å²) in [6.45, 7) is 2.08. The molecule has 3 rings (SSSR count). The first-order valence-electron chi connectivity index (χ1n) is 6.63. The summed E-state index contributed by atoms with van der Waals surface area (Å²) in [6, 6.07) is 13.2. The highest BCUT2D eigenvalue weighted by Gasteiger charge is 2.13. The van der Waals surface area contributed by atoms with E-state index in [1.54, 1.807) is 18.5 Å². The van der Waals surface area contributed by atoms with Gasteiger partial charge in [-0.1, -0.05) is 31.2 Å². The van der Waals surface area contributed by atoms with Gasteiger partial charge in [0.2, 0.25) is 0 Å². The van der Waals surface area contributed by atoms with Crippen LogP contribution in [0.2, 0.25) is 0 Å². The number of hydrogen-bond acceptors (Lipinski definition) is 3. The maximum absolute atomic E-state index is 12.7. The van der Waals surface area contributed by atoms with Crippen molar-refractivity contribution < 1.29 is 4.79 Å². The van der Waals surface area contributed by atoms with Crippen LogP contribution < -0.4 is 0 Å². The molecule has 0 aliphatic rings. The number of rotatable bonds is 3. The first kappa shape index (κ1) is 12.5. The summed E-state index contributed by atoms with van der Waals surface area (Å²) in [5.41, 5.74) is 3.85. The van der Waals surface area contributed by atoms with Crippen LogP contribution in [-0.4, -0.2) is 15.8 Å². The Morgan fingerprint density at radius 3 is 2.70 bits per heavy atom. The van der Waals surface area contributed by atoms with Crippen LogP contribution in [0.3, 0.4) is 0 Å². The first-order chi connectivity index (χ1) is 9.79. The van der Waals surface area contributed by atoms with Crippen molar-refractivity contribution in [1.82, 2.24) is 9.97 Å². The SMILES string of the molecule is CCc1cccc(C(=O)c2cccc3nccnc23)c1. The van der Waals surface area contributed by atoms with Crippen LogP contribution in [0.5, 0.6) is 0 Å². The molecule has 20 heavy (non-hydrogen) atoms. The number of para-hydroxylation sites is 1. The van der Waals surface area contributed by atoms with Gasteiger partial charge in [-0.3, -0.25) is 14.8 Å². The lowest BCUT2D eigenvalue weighted by molar-refractivity contribution is 0.104. The molecule has 0 saturated carbocycles. The summed E-state index contributed by atoms with van der Waals surface area (Å²) >= 11 is 0. The third-order valence-corrected chi connectivity index (χ3v) is 3.34. The minimum atomic E-state index is -0.00796. The summed E-state index contributed by atoms with van der Waals surface area (Å²) in [5, 5.41) is 0. The lowest BCUT2D eigenvalue weighted by Gasteiger charge is -2.05. The van der Waals surface area contributed by atoms with Gasteiger partial charge < -0.3 is 0 Å². The third kappa shape index (κ3) is 2.18. The Morgan fingerprint density at radius 2 is 1.85 bits per heavy atom. The molecule has 0 N–H and O–H groups in total. The average Bonchev–Trinajstić information content (AvgIpc) is 2.53. The highest BCUT2D eigenvalue weighted by molar-refractivity contribution is 6.15. The molecule has 3 aromatic rings. The fraction of sp³-hybridized carbons (Fsp3) is 0.118. The van der Waals surface area contributed by atoms with E-state index in [2.05, 4.69) is 16.9 Å². The third-order valence-electron chi connectivity index (χ3n) is 3.34. The van der Waals surface area contributed by atoms with Gasteiger partial charge >= 0.3 is 0 Å². The summed E-state index contributed by atoms with van der Waals surface area (Å²) in [7, 11) is 0. The van der Waals surface area contributed by atoms with Crippen molar-refractivity contribution in [3.8, 4) is 0 Å². The van der Waals surface area contributed by atoms with Gasteiger partial charge in [0, 0.05) is 18.0 Å². The molecule has 0 fully saturated rings. The van der Waals surface area contributed by atoms with Crippen molar-refractivity contribution in [2.45, 2.75) is 13.3 Å². The van der Waals surface area contributed by atoms with E-state index in [-0.39, 0.29) is 5.78 Å². The van der Waals surface area contributed by atoms with Crippen molar-refractivity contribution in [3.05, 3.63) is 71.5 Å². The molecule has 3 nitrogen and oxygen atoms in total. The molecule has 0 spiro atoms. The number of carbonyl (C=O) groups is 1. The van der Waals surface area contributed by atoms with E-state index in [9.17, 15) is 4.79 Å². The second kappa shape index (κ2) is 5.21. The van der Waals surface area contributed by atoms with Crippen molar-refractivity contribution in [2.24, 2.45) is 0 Å². The zero-order chi connectivity index (χ0) is 13.9. The van der Waals surface area contributed by atoms with Crippen LogP contribution in [0.4, 0.5) is 0 Å². The monoisotopic (exact) mass is 262 g/mol. The van der Waals surface area contributed by atoms with E-state index in [1.165, 1.54) is 0 Å². The fourth-order valence-corrected chi connectivity index (χ4v) is 2.26. The highest BCUT2D eigenvalue weighted by atomic mass is 16.1. The number of aromatic nitrogens is 2. The van der Waals surface area contributed by atoms with Gasteiger partial charge in [0.15, 0.2) is 5.78 Å². The molecule has 1 aromatic heterocycles. The molecule has 2 aromatic carbocycles. The smallest absolute Gasteiger partial charge is 0.195 e. The Hall–Kier alpha value is -2.55. The Labute approximate surface area is 117 Å². The van der Waals surface area contributed by atoms with Crippen LogP contribution >= 0.6 is 0 Å². The molecule has 98 valence electrons. The summed E-state index contributed by atoms with van der Waals surface area (Å²) < 4.78 is 0. The first-order valence-corrected chi connectivity index (χ1v) is 6.63. The van der Waals surface area contributed by atoms with Gasteiger partial charge in [-0.25, -0.2) is 0 Å². The molecule has 0 aliphatic heterocycles. The summed E-state index contributed by atoms with van der Waals surface area (Å²) in [6.07, 6.45) is 4.16. The minimum absolute atomic E-state index is 0.00796. The molecule has 3 heteroatoms. The van der Waals surface area contributed by atoms with Gasteiger partial charge in [-0.15, -0.1) is 0 Å². The molecule has 0 amide bonds.